The number of hydrogen-bond donors (Lipinski definition) is 3. The van der Waals surface area contributed by atoms with Gasteiger partial charge in [-0.05, 0) is 43.5 Å². The van der Waals surface area contributed by atoms with E-state index in [1.165, 1.54) is 24.5 Å². The smallest absolute Gasteiger partial charge is 0.251 e. The minimum absolute atomic E-state index is 0.0319. The Morgan fingerprint density at radius 1 is 1.48 bits per heavy atom. The fraction of sp³-hybridized carbons (Fsp3) is 0.438. The van der Waals surface area contributed by atoms with E-state index in [2.05, 4.69) is 20.5 Å². The van der Waals surface area contributed by atoms with Crippen molar-refractivity contribution in [1.29, 1.82) is 0 Å². The molecule has 1 heterocycles. The van der Waals surface area contributed by atoms with Crippen LogP contribution in [0.1, 0.15) is 40.5 Å². The Bertz CT molecular complexity index is 689. The number of nitrogens with one attached hydrogen (secondary N) is 2. The average molecular weight is 318 g/mol. The number of carbonyl (C=O) groups is 1. The number of halogens is 1. The largest absolute Gasteiger partial charge is 0.393 e. The van der Waals surface area contributed by atoms with Crippen LogP contribution in [0, 0.1) is 18.7 Å². The van der Waals surface area contributed by atoms with Gasteiger partial charge in [-0.15, -0.1) is 0 Å². The number of aliphatic hydroxyl groups excluding tert-OH is 1. The molecule has 23 heavy (non-hydrogen) atoms. The Labute approximate surface area is 133 Å². The highest BCUT2D eigenvalue weighted by molar-refractivity contribution is 5.94. The number of hydrogen-bond acceptors (Lipinski definition) is 4. The van der Waals surface area contributed by atoms with Crippen molar-refractivity contribution in [1.82, 2.24) is 20.5 Å². The molecule has 0 spiro atoms. The predicted molar refractivity (Wildman–Crippen MR) is 81.3 cm³/mol. The summed E-state index contributed by atoms with van der Waals surface area (Å²) in [5, 5.41) is 19.6. The summed E-state index contributed by atoms with van der Waals surface area (Å²) in [6, 6.07) is 4.27. The van der Waals surface area contributed by atoms with Crippen LogP contribution in [0.5, 0.6) is 0 Å². The van der Waals surface area contributed by atoms with Crippen LogP contribution >= 0.6 is 0 Å². The summed E-state index contributed by atoms with van der Waals surface area (Å²) in [7, 11) is 0. The van der Waals surface area contributed by atoms with Crippen molar-refractivity contribution in [2.24, 2.45) is 5.92 Å². The van der Waals surface area contributed by atoms with E-state index in [9.17, 15) is 14.3 Å². The molecule has 3 atom stereocenters. The summed E-state index contributed by atoms with van der Waals surface area (Å²) in [5.74, 6) is 0.274. The minimum Gasteiger partial charge on any atom is -0.393 e. The summed E-state index contributed by atoms with van der Waals surface area (Å²) >= 11 is 0. The molecule has 1 aromatic heterocycles. The second-order valence-electron chi connectivity index (χ2n) is 6.04. The van der Waals surface area contributed by atoms with Crippen molar-refractivity contribution >= 4 is 5.91 Å². The molecule has 1 aliphatic rings. The van der Waals surface area contributed by atoms with Gasteiger partial charge in [0.25, 0.3) is 5.91 Å². The lowest BCUT2D eigenvalue weighted by atomic mass is 10.0. The number of aryl methyl sites for hydroxylation is 1. The van der Waals surface area contributed by atoms with Gasteiger partial charge in [-0.1, -0.05) is 0 Å². The van der Waals surface area contributed by atoms with E-state index >= 15 is 0 Å². The van der Waals surface area contributed by atoms with Gasteiger partial charge in [-0.3, -0.25) is 9.89 Å². The molecule has 1 saturated carbocycles. The molecule has 122 valence electrons. The fourth-order valence-electron chi connectivity index (χ4n) is 3.07. The molecule has 3 N–H and O–H groups in total. The minimum atomic E-state index is -0.486. The van der Waals surface area contributed by atoms with Gasteiger partial charge in [-0.25, -0.2) is 9.37 Å². The molecule has 1 aromatic carbocycles. The zero-order chi connectivity index (χ0) is 16.4. The molecule has 0 unspecified atom stereocenters. The van der Waals surface area contributed by atoms with Crippen molar-refractivity contribution < 1.29 is 14.3 Å². The molecule has 0 radical (unpaired) electrons. The monoisotopic (exact) mass is 318 g/mol. The number of aliphatic hydroxyl groups is 1. The quantitative estimate of drug-likeness (QED) is 0.797. The van der Waals surface area contributed by atoms with E-state index in [0.29, 0.717) is 24.1 Å². The van der Waals surface area contributed by atoms with Gasteiger partial charge in [0, 0.05) is 23.9 Å². The number of benzene rings is 1. The van der Waals surface area contributed by atoms with Crippen molar-refractivity contribution in [2.45, 2.75) is 31.8 Å². The normalized spacial score (nSPS) is 23.9. The first-order valence-electron chi connectivity index (χ1n) is 7.62. The highest BCUT2D eigenvalue weighted by Gasteiger charge is 2.35. The summed E-state index contributed by atoms with van der Waals surface area (Å²) < 4.78 is 13.2. The van der Waals surface area contributed by atoms with E-state index in [-0.39, 0.29) is 23.6 Å². The van der Waals surface area contributed by atoms with E-state index in [0.717, 1.165) is 12.2 Å². The van der Waals surface area contributed by atoms with E-state index in [4.69, 9.17) is 0 Å². The molecule has 2 aromatic rings. The topological polar surface area (TPSA) is 90.9 Å². The van der Waals surface area contributed by atoms with E-state index in [1.54, 1.807) is 6.92 Å². The van der Waals surface area contributed by atoms with Crippen molar-refractivity contribution in [3.05, 3.63) is 47.3 Å². The second-order valence-corrected chi connectivity index (χ2v) is 6.04. The number of aromatic amines is 1. The lowest BCUT2D eigenvalue weighted by Gasteiger charge is -2.15. The highest BCUT2D eigenvalue weighted by Crippen LogP contribution is 2.36. The van der Waals surface area contributed by atoms with Gasteiger partial charge in [-0.2, -0.15) is 5.10 Å². The molecule has 7 heteroatoms. The van der Waals surface area contributed by atoms with Gasteiger partial charge in [0.1, 0.15) is 18.0 Å². The van der Waals surface area contributed by atoms with Gasteiger partial charge in [0.2, 0.25) is 0 Å². The number of aromatic nitrogens is 3. The van der Waals surface area contributed by atoms with E-state index < -0.39 is 6.10 Å². The van der Waals surface area contributed by atoms with Crippen LogP contribution in [-0.4, -0.2) is 38.8 Å². The zero-order valence-electron chi connectivity index (χ0n) is 12.8. The zero-order valence-corrected chi connectivity index (χ0v) is 12.8. The number of amides is 1. The van der Waals surface area contributed by atoms with Crippen molar-refractivity contribution in [2.75, 3.05) is 6.54 Å². The third kappa shape index (κ3) is 3.39. The number of rotatable bonds is 4. The molecule has 1 amide bonds. The summed E-state index contributed by atoms with van der Waals surface area (Å²) in [6.45, 7) is 2.00. The SMILES string of the molecule is Cc1cc(C(=O)NC[C@@H]2C[C@@H](c3ncn[nH]3)C[C@@H]2O)ccc1F. The van der Waals surface area contributed by atoms with Gasteiger partial charge in [0.15, 0.2) is 0 Å². The summed E-state index contributed by atoms with van der Waals surface area (Å²) in [4.78, 5) is 16.3. The third-order valence-corrected chi connectivity index (χ3v) is 4.42. The van der Waals surface area contributed by atoms with Gasteiger partial charge in [0.05, 0.1) is 6.10 Å². The first-order chi connectivity index (χ1) is 11.0. The lowest BCUT2D eigenvalue weighted by molar-refractivity contribution is 0.0916. The molecule has 0 saturated heterocycles. The molecule has 0 aliphatic heterocycles. The van der Waals surface area contributed by atoms with Crippen LogP contribution in [0.3, 0.4) is 0 Å². The molecule has 1 fully saturated rings. The lowest BCUT2D eigenvalue weighted by Crippen LogP contribution is -2.32. The molecule has 0 bridgehead atoms. The Morgan fingerprint density at radius 2 is 2.30 bits per heavy atom. The number of H-pyrrole nitrogens is 1. The predicted octanol–water partition coefficient (Wildman–Crippen LogP) is 1.54. The Hall–Kier alpha value is -2.28. The number of carbonyl (C=O) groups excluding carboxylic acids is 1. The van der Waals surface area contributed by atoms with Crippen LogP contribution in [-0.2, 0) is 0 Å². The Morgan fingerprint density at radius 3 is 3.00 bits per heavy atom. The van der Waals surface area contributed by atoms with E-state index in [1.807, 2.05) is 0 Å². The molecule has 3 rings (SSSR count). The molecule has 1 aliphatic carbocycles. The molecular weight excluding hydrogens is 299 g/mol. The second kappa shape index (κ2) is 6.45. The van der Waals surface area contributed by atoms with Crippen LogP contribution in [0.2, 0.25) is 0 Å². The molecule has 6 nitrogen and oxygen atoms in total. The number of nitrogens with zero attached hydrogens (tertiary/aromatic N) is 2. The molecular formula is C16H19FN4O2. The van der Waals surface area contributed by atoms with Crippen LogP contribution < -0.4 is 5.32 Å². The first kappa shape index (κ1) is 15.6. The van der Waals surface area contributed by atoms with Gasteiger partial charge < -0.3 is 10.4 Å². The van der Waals surface area contributed by atoms with Crippen molar-refractivity contribution in [3.8, 4) is 0 Å². The van der Waals surface area contributed by atoms with Crippen LogP contribution in [0.15, 0.2) is 24.5 Å². The Balaban J connectivity index is 1.57. The maximum atomic E-state index is 13.2. The summed E-state index contributed by atoms with van der Waals surface area (Å²) in [5.41, 5.74) is 0.854. The maximum absolute atomic E-state index is 13.2. The third-order valence-electron chi connectivity index (χ3n) is 4.42. The van der Waals surface area contributed by atoms with Crippen LogP contribution in [0.25, 0.3) is 0 Å². The highest BCUT2D eigenvalue weighted by atomic mass is 19.1. The summed E-state index contributed by atoms with van der Waals surface area (Å²) in [6.07, 6.45) is 2.30. The van der Waals surface area contributed by atoms with Gasteiger partial charge >= 0.3 is 0 Å². The maximum Gasteiger partial charge on any atom is 0.251 e. The standard InChI is InChI=1S/C16H19FN4O2/c1-9-4-10(2-3-13(9)17)16(23)18-7-12-5-11(6-14(12)22)15-19-8-20-21-15/h2-4,8,11-12,14,22H,5-7H2,1H3,(H,18,23)(H,19,20,21)/t11-,12+,14+/m1/s1. The van der Waals surface area contributed by atoms with Crippen LogP contribution in [0.4, 0.5) is 4.39 Å². The fourth-order valence-corrected chi connectivity index (χ4v) is 3.07. The van der Waals surface area contributed by atoms with Crippen molar-refractivity contribution in [3.63, 3.8) is 0 Å². The average Bonchev–Trinajstić information content (AvgIpc) is 3.17. The Kier molecular flexibility index (Phi) is 4.38. The first-order valence-corrected chi connectivity index (χ1v) is 7.62.